The first kappa shape index (κ1) is 32.0. The normalized spacial score (nSPS) is 11.3. The summed E-state index contributed by atoms with van der Waals surface area (Å²) < 4.78 is 2.59. The van der Waals surface area contributed by atoms with Gasteiger partial charge in [0.15, 0.2) is 0 Å². The summed E-state index contributed by atoms with van der Waals surface area (Å²) in [6.45, 7) is 0. The standard InChI is InChI=1S/C52H35NS/c1-3-14-36(15-4-1)37-26-30-42(31-27-37)53(49-23-13-25-51-52(49)47-22-11-12-24-50(47)54-51)43-32-28-38(29-33-43)41-34-40-18-7-8-20-45(40)48(35-41)46-21-10-9-19-44(46)39-16-5-2-6-17-39/h1-35H. The van der Waals surface area contributed by atoms with E-state index in [4.69, 9.17) is 0 Å². The van der Waals surface area contributed by atoms with Gasteiger partial charge in [0.2, 0.25) is 0 Å². The highest BCUT2D eigenvalue weighted by atomic mass is 32.1. The van der Waals surface area contributed by atoms with Gasteiger partial charge in [0.1, 0.15) is 0 Å². The Hall–Kier alpha value is -6.74. The third-order valence-corrected chi connectivity index (χ3v) is 11.6. The first-order valence-electron chi connectivity index (χ1n) is 18.4. The fraction of sp³-hybridized carbons (Fsp3) is 0. The van der Waals surface area contributed by atoms with Gasteiger partial charge in [-0.2, -0.15) is 0 Å². The molecule has 0 atom stereocenters. The molecule has 1 nitrogen and oxygen atoms in total. The Morgan fingerprint density at radius 2 is 0.852 bits per heavy atom. The lowest BCUT2D eigenvalue weighted by Crippen LogP contribution is -2.10. The van der Waals surface area contributed by atoms with Crippen LogP contribution in [-0.2, 0) is 0 Å². The van der Waals surface area contributed by atoms with Gasteiger partial charge in [0.05, 0.1) is 5.69 Å². The molecule has 0 radical (unpaired) electrons. The van der Waals surface area contributed by atoms with E-state index in [1.807, 2.05) is 11.3 Å². The van der Waals surface area contributed by atoms with Gasteiger partial charge in [-0.05, 0) is 110 Å². The van der Waals surface area contributed by atoms with Crippen LogP contribution in [0, 0.1) is 0 Å². The van der Waals surface area contributed by atoms with E-state index in [0.29, 0.717) is 0 Å². The maximum atomic E-state index is 2.42. The van der Waals surface area contributed by atoms with Crippen molar-refractivity contribution in [3.8, 4) is 44.5 Å². The van der Waals surface area contributed by atoms with E-state index in [-0.39, 0.29) is 0 Å². The summed E-state index contributed by atoms with van der Waals surface area (Å²) in [5.74, 6) is 0. The van der Waals surface area contributed by atoms with Crippen molar-refractivity contribution in [3.05, 3.63) is 212 Å². The van der Waals surface area contributed by atoms with Crippen molar-refractivity contribution in [1.82, 2.24) is 0 Å². The van der Waals surface area contributed by atoms with Gasteiger partial charge in [-0.3, -0.25) is 0 Å². The van der Waals surface area contributed by atoms with E-state index in [2.05, 4.69) is 217 Å². The summed E-state index contributed by atoms with van der Waals surface area (Å²) in [6, 6.07) is 77.1. The number of thiophene rings is 1. The summed E-state index contributed by atoms with van der Waals surface area (Å²) in [4.78, 5) is 2.42. The second-order valence-corrected chi connectivity index (χ2v) is 14.8. The summed E-state index contributed by atoms with van der Waals surface area (Å²) >= 11 is 1.86. The van der Waals surface area contributed by atoms with Crippen LogP contribution in [0.1, 0.15) is 0 Å². The molecule has 0 unspecified atom stereocenters. The van der Waals surface area contributed by atoms with Crippen LogP contribution in [0.5, 0.6) is 0 Å². The van der Waals surface area contributed by atoms with Crippen molar-refractivity contribution in [2.45, 2.75) is 0 Å². The van der Waals surface area contributed by atoms with Crippen molar-refractivity contribution >= 4 is 59.3 Å². The molecule has 9 aromatic carbocycles. The molecular weight excluding hydrogens is 671 g/mol. The first-order chi connectivity index (χ1) is 26.8. The van der Waals surface area contributed by atoms with Crippen LogP contribution in [0.4, 0.5) is 17.1 Å². The van der Waals surface area contributed by atoms with Crippen LogP contribution >= 0.6 is 11.3 Å². The zero-order valence-electron chi connectivity index (χ0n) is 29.6. The van der Waals surface area contributed by atoms with Gasteiger partial charge in [-0.25, -0.2) is 0 Å². The van der Waals surface area contributed by atoms with Gasteiger partial charge in [-0.1, -0.05) is 158 Å². The highest BCUT2D eigenvalue weighted by Gasteiger charge is 2.19. The molecule has 54 heavy (non-hydrogen) atoms. The fourth-order valence-corrected chi connectivity index (χ4v) is 9.02. The zero-order chi connectivity index (χ0) is 35.8. The second-order valence-electron chi connectivity index (χ2n) is 13.7. The molecule has 0 fully saturated rings. The van der Waals surface area contributed by atoms with Crippen LogP contribution in [0.15, 0.2) is 212 Å². The van der Waals surface area contributed by atoms with E-state index in [1.54, 1.807) is 0 Å². The van der Waals surface area contributed by atoms with E-state index in [1.165, 1.54) is 81.1 Å². The fourth-order valence-electron chi connectivity index (χ4n) is 7.89. The lowest BCUT2D eigenvalue weighted by molar-refractivity contribution is 1.30. The van der Waals surface area contributed by atoms with Crippen molar-refractivity contribution in [1.29, 1.82) is 0 Å². The van der Waals surface area contributed by atoms with Gasteiger partial charge < -0.3 is 4.90 Å². The number of hydrogen-bond donors (Lipinski definition) is 0. The Morgan fingerprint density at radius 1 is 0.315 bits per heavy atom. The predicted octanol–water partition coefficient (Wildman–Crippen LogP) is 15.3. The van der Waals surface area contributed by atoms with E-state index in [9.17, 15) is 0 Å². The monoisotopic (exact) mass is 705 g/mol. The van der Waals surface area contributed by atoms with Gasteiger partial charge in [0.25, 0.3) is 0 Å². The van der Waals surface area contributed by atoms with E-state index in [0.717, 1.165) is 11.4 Å². The Balaban J connectivity index is 1.11. The second kappa shape index (κ2) is 13.7. The number of fused-ring (bicyclic) bond motifs is 4. The summed E-state index contributed by atoms with van der Waals surface area (Å²) in [5.41, 5.74) is 13.1. The number of anilines is 3. The highest BCUT2D eigenvalue weighted by Crippen LogP contribution is 2.46. The molecule has 0 spiro atoms. The van der Waals surface area contributed by atoms with E-state index < -0.39 is 0 Å². The maximum absolute atomic E-state index is 2.42. The van der Waals surface area contributed by atoms with Gasteiger partial charge >= 0.3 is 0 Å². The van der Waals surface area contributed by atoms with Crippen LogP contribution in [-0.4, -0.2) is 0 Å². The smallest absolute Gasteiger partial charge is 0.0554 e. The topological polar surface area (TPSA) is 3.24 Å². The lowest BCUT2D eigenvalue weighted by atomic mass is 9.89. The van der Waals surface area contributed by atoms with Gasteiger partial charge in [-0.15, -0.1) is 11.3 Å². The summed E-state index contributed by atoms with van der Waals surface area (Å²) in [5, 5.41) is 5.05. The Morgan fingerprint density at radius 3 is 1.57 bits per heavy atom. The molecule has 0 aliphatic carbocycles. The molecule has 0 aliphatic heterocycles. The molecule has 0 N–H and O–H groups in total. The van der Waals surface area contributed by atoms with Crippen LogP contribution in [0.3, 0.4) is 0 Å². The first-order valence-corrected chi connectivity index (χ1v) is 19.2. The molecule has 0 bridgehead atoms. The maximum Gasteiger partial charge on any atom is 0.0554 e. The minimum Gasteiger partial charge on any atom is -0.310 e. The summed E-state index contributed by atoms with van der Waals surface area (Å²) in [7, 11) is 0. The van der Waals surface area contributed by atoms with Crippen LogP contribution in [0.25, 0.3) is 75.5 Å². The largest absolute Gasteiger partial charge is 0.310 e. The average Bonchev–Trinajstić information content (AvgIpc) is 3.64. The molecule has 0 aliphatic rings. The van der Waals surface area contributed by atoms with Crippen LogP contribution < -0.4 is 4.90 Å². The molecule has 1 aromatic heterocycles. The van der Waals surface area contributed by atoms with E-state index >= 15 is 0 Å². The molecule has 10 aromatic rings. The summed E-state index contributed by atoms with van der Waals surface area (Å²) in [6.07, 6.45) is 0. The number of rotatable bonds is 7. The highest BCUT2D eigenvalue weighted by molar-refractivity contribution is 7.26. The Kier molecular flexibility index (Phi) is 8.09. The van der Waals surface area contributed by atoms with Crippen LogP contribution in [0.2, 0.25) is 0 Å². The predicted molar refractivity (Wildman–Crippen MR) is 233 cm³/mol. The van der Waals surface area contributed by atoms with Crippen molar-refractivity contribution in [2.75, 3.05) is 4.90 Å². The number of hydrogen-bond acceptors (Lipinski definition) is 2. The molecular formula is C52H35NS. The third kappa shape index (κ3) is 5.74. The van der Waals surface area contributed by atoms with Crippen molar-refractivity contribution in [2.24, 2.45) is 0 Å². The zero-order valence-corrected chi connectivity index (χ0v) is 30.4. The average molecular weight is 706 g/mol. The third-order valence-electron chi connectivity index (χ3n) is 10.5. The van der Waals surface area contributed by atoms with Crippen molar-refractivity contribution in [3.63, 3.8) is 0 Å². The molecule has 2 heteroatoms. The minimum atomic E-state index is 1.12. The number of nitrogens with zero attached hydrogens (tertiary/aromatic N) is 1. The lowest BCUT2D eigenvalue weighted by Gasteiger charge is -2.27. The van der Waals surface area contributed by atoms with Crippen molar-refractivity contribution < 1.29 is 0 Å². The Labute approximate surface area is 319 Å². The number of benzene rings is 9. The SMILES string of the molecule is c1ccc(-c2ccc(N(c3ccc(-c4cc(-c5ccccc5-c5ccccc5)c5ccccc5c4)cc3)c3cccc4sc5ccccc5c34)cc2)cc1. The molecule has 0 saturated heterocycles. The van der Waals surface area contributed by atoms with Gasteiger partial charge in [0, 0.05) is 31.5 Å². The molecule has 0 saturated carbocycles. The Bertz CT molecular complexity index is 2910. The quantitative estimate of drug-likeness (QED) is 0.160. The molecule has 10 rings (SSSR count). The molecule has 254 valence electrons. The molecule has 1 heterocycles. The minimum absolute atomic E-state index is 1.12. The molecule has 0 amide bonds.